The maximum atomic E-state index is 12.3. The molecular formula is C18H26Cl2N4O2. The molecule has 4 rings (SSSR count). The summed E-state index contributed by atoms with van der Waals surface area (Å²) in [6.45, 7) is 0.798. The summed E-state index contributed by atoms with van der Waals surface area (Å²) in [4.78, 5) is 20.2. The van der Waals surface area contributed by atoms with Gasteiger partial charge in [-0.15, -0.1) is 24.8 Å². The average molecular weight is 401 g/mol. The number of hydrogen-bond acceptors (Lipinski definition) is 4. The van der Waals surface area contributed by atoms with Gasteiger partial charge < -0.3 is 20.8 Å². The molecule has 2 aliphatic rings. The number of amides is 1. The van der Waals surface area contributed by atoms with E-state index < -0.39 is 0 Å². The molecule has 1 saturated heterocycles. The zero-order valence-corrected chi connectivity index (χ0v) is 16.2. The van der Waals surface area contributed by atoms with Gasteiger partial charge in [0, 0.05) is 24.8 Å². The van der Waals surface area contributed by atoms with Crippen LogP contribution in [0.2, 0.25) is 0 Å². The number of imidazole rings is 1. The average Bonchev–Trinajstić information content (AvgIpc) is 3.28. The summed E-state index contributed by atoms with van der Waals surface area (Å²) in [7, 11) is 0. The van der Waals surface area contributed by atoms with Gasteiger partial charge in [0.25, 0.3) is 0 Å². The second kappa shape index (κ2) is 9.04. The van der Waals surface area contributed by atoms with E-state index in [0.29, 0.717) is 12.3 Å². The van der Waals surface area contributed by atoms with Gasteiger partial charge in [-0.3, -0.25) is 4.79 Å². The van der Waals surface area contributed by atoms with Crippen molar-refractivity contribution >= 4 is 47.4 Å². The zero-order valence-electron chi connectivity index (χ0n) is 14.6. The molecule has 1 aromatic carbocycles. The minimum absolute atomic E-state index is 0. The minimum atomic E-state index is 0. The number of nitrogens with one attached hydrogen (secondary N) is 2. The van der Waals surface area contributed by atoms with Gasteiger partial charge in [0.1, 0.15) is 11.9 Å². The van der Waals surface area contributed by atoms with Crippen molar-refractivity contribution in [2.75, 3.05) is 11.9 Å². The van der Waals surface area contributed by atoms with Crippen molar-refractivity contribution in [1.82, 2.24) is 9.97 Å². The number of rotatable bonds is 4. The van der Waals surface area contributed by atoms with E-state index in [1.807, 2.05) is 18.2 Å². The van der Waals surface area contributed by atoms with Gasteiger partial charge in [-0.2, -0.15) is 0 Å². The minimum Gasteiger partial charge on any atom is -0.370 e. The number of carbonyl (C=O) groups is 1. The largest absolute Gasteiger partial charge is 0.370 e. The first kappa shape index (κ1) is 21.0. The van der Waals surface area contributed by atoms with Crippen molar-refractivity contribution in [2.24, 2.45) is 11.7 Å². The summed E-state index contributed by atoms with van der Waals surface area (Å²) in [5.41, 5.74) is 8.67. The predicted molar refractivity (Wildman–Crippen MR) is 107 cm³/mol. The quantitative estimate of drug-likeness (QED) is 0.728. The van der Waals surface area contributed by atoms with E-state index in [9.17, 15) is 4.79 Å². The number of ether oxygens (including phenoxy) is 1. The molecule has 2 fully saturated rings. The maximum absolute atomic E-state index is 12.3. The third-order valence-corrected chi connectivity index (χ3v) is 5.18. The second-order valence-electron chi connectivity index (χ2n) is 6.96. The summed E-state index contributed by atoms with van der Waals surface area (Å²) in [6, 6.07) is 5.93. The third-order valence-electron chi connectivity index (χ3n) is 5.18. The fraction of sp³-hybridized carbons (Fsp3) is 0.556. The van der Waals surface area contributed by atoms with Crippen LogP contribution in [0.1, 0.15) is 50.5 Å². The van der Waals surface area contributed by atoms with Gasteiger partial charge in [0.2, 0.25) is 5.91 Å². The number of benzene rings is 1. The van der Waals surface area contributed by atoms with Crippen LogP contribution in [-0.4, -0.2) is 28.5 Å². The van der Waals surface area contributed by atoms with E-state index in [1.54, 1.807) is 0 Å². The molecular weight excluding hydrogens is 375 g/mol. The molecule has 1 amide bonds. The van der Waals surface area contributed by atoms with E-state index >= 15 is 0 Å². The van der Waals surface area contributed by atoms with Crippen LogP contribution < -0.4 is 11.1 Å². The Hall–Kier alpha value is -1.34. The van der Waals surface area contributed by atoms with Crippen LogP contribution in [0.15, 0.2) is 18.2 Å². The highest BCUT2D eigenvalue weighted by atomic mass is 35.5. The van der Waals surface area contributed by atoms with Crippen LogP contribution >= 0.6 is 24.8 Å². The summed E-state index contributed by atoms with van der Waals surface area (Å²) < 4.78 is 5.67. The first-order valence-corrected chi connectivity index (χ1v) is 8.86. The lowest BCUT2D eigenvalue weighted by Crippen LogP contribution is -2.28. The van der Waals surface area contributed by atoms with Crippen molar-refractivity contribution < 1.29 is 9.53 Å². The number of carbonyl (C=O) groups excluding carboxylic acids is 1. The van der Waals surface area contributed by atoms with Gasteiger partial charge in [-0.1, -0.05) is 6.42 Å². The molecule has 0 bridgehead atoms. The van der Waals surface area contributed by atoms with Crippen molar-refractivity contribution in [3.63, 3.8) is 0 Å². The molecule has 1 aliphatic carbocycles. The Bertz CT molecular complexity index is 746. The first-order chi connectivity index (χ1) is 11.7. The molecule has 0 radical (unpaired) electrons. The van der Waals surface area contributed by atoms with Gasteiger partial charge in [0.05, 0.1) is 11.0 Å². The Morgan fingerprint density at radius 3 is 2.81 bits per heavy atom. The molecule has 26 heavy (non-hydrogen) atoms. The molecule has 2 aromatic rings. The number of aromatic nitrogens is 2. The lowest BCUT2D eigenvalue weighted by molar-refractivity contribution is -0.117. The van der Waals surface area contributed by atoms with Crippen LogP contribution in [-0.2, 0) is 9.53 Å². The number of halogens is 2. The fourth-order valence-corrected chi connectivity index (χ4v) is 3.82. The first-order valence-electron chi connectivity index (χ1n) is 8.86. The topological polar surface area (TPSA) is 93.0 Å². The van der Waals surface area contributed by atoms with E-state index in [4.69, 9.17) is 10.5 Å². The van der Waals surface area contributed by atoms with Gasteiger partial charge in [0.15, 0.2) is 0 Å². The Morgan fingerprint density at radius 1 is 1.27 bits per heavy atom. The molecule has 8 heteroatoms. The number of nitrogens with two attached hydrogens (primary N) is 1. The lowest BCUT2D eigenvalue weighted by Gasteiger charge is -2.14. The number of fused-ring (bicyclic) bond motifs is 1. The van der Waals surface area contributed by atoms with Crippen LogP contribution in [0.4, 0.5) is 5.69 Å². The van der Waals surface area contributed by atoms with Crippen LogP contribution in [0.5, 0.6) is 0 Å². The number of H-pyrrole nitrogens is 1. The van der Waals surface area contributed by atoms with E-state index in [0.717, 1.165) is 61.3 Å². The van der Waals surface area contributed by atoms with Gasteiger partial charge in [-0.05, 0) is 49.8 Å². The standard InChI is InChI=1S/C18H24N4O2.2ClH/c19-13-4-1-3-11(13)9-17(23)20-12-6-7-14-15(10-12)22-18(21-14)16-5-2-8-24-16;;/h6-7,10-11,13,16H,1-5,8-9,19H2,(H,20,23)(H,21,22);2*1H/t11-,13+,16?;;/m0../s1. The number of nitrogens with zero attached hydrogens (tertiary/aromatic N) is 1. The summed E-state index contributed by atoms with van der Waals surface area (Å²) in [5, 5.41) is 2.99. The summed E-state index contributed by atoms with van der Waals surface area (Å²) >= 11 is 0. The highest BCUT2D eigenvalue weighted by Crippen LogP contribution is 2.29. The Labute approximate surface area is 165 Å². The Kier molecular flexibility index (Phi) is 7.29. The van der Waals surface area contributed by atoms with Gasteiger partial charge >= 0.3 is 0 Å². The van der Waals surface area contributed by atoms with E-state index in [2.05, 4.69) is 15.3 Å². The Morgan fingerprint density at radius 2 is 2.12 bits per heavy atom. The fourth-order valence-electron chi connectivity index (χ4n) is 3.82. The molecule has 6 nitrogen and oxygen atoms in total. The summed E-state index contributed by atoms with van der Waals surface area (Å²) in [6.07, 6.45) is 5.87. The third kappa shape index (κ3) is 4.49. The highest BCUT2D eigenvalue weighted by Gasteiger charge is 2.26. The SMILES string of the molecule is Cl.Cl.N[C@@H]1CCC[C@H]1CC(=O)Nc1ccc2nc(C3CCCO3)[nH]c2c1. The monoisotopic (exact) mass is 400 g/mol. The maximum Gasteiger partial charge on any atom is 0.224 e. The molecule has 1 aliphatic heterocycles. The van der Waals surface area contributed by atoms with Crippen LogP contribution in [0.25, 0.3) is 11.0 Å². The van der Waals surface area contributed by atoms with Crippen molar-refractivity contribution in [3.8, 4) is 0 Å². The van der Waals surface area contributed by atoms with Crippen LogP contribution in [0, 0.1) is 5.92 Å². The summed E-state index contributed by atoms with van der Waals surface area (Å²) in [5.74, 6) is 1.23. The number of anilines is 1. The number of aromatic amines is 1. The Balaban J connectivity index is 0.00000121. The smallest absolute Gasteiger partial charge is 0.224 e. The van der Waals surface area contributed by atoms with Crippen molar-refractivity contribution in [3.05, 3.63) is 24.0 Å². The van der Waals surface area contributed by atoms with Crippen molar-refractivity contribution in [2.45, 2.75) is 50.7 Å². The normalized spacial score (nSPS) is 24.9. The van der Waals surface area contributed by atoms with Gasteiger partial charge in [-0.25, -0.2) is 4.98 Å². The molecule has 4 N–H and O–H groups in total. The molecule has 0 spiro atoms. The molecule has 1 unspecified atom stereocenters. The highest BCUT2D eigenvalue weighted by molar-refractivity contribution is 5.93. The number of hydrogen-bond donors (Lipinski definition) is 3. The van der Waals surface area contributed by atoms with Crippen molar-refractivity contribution in [1.29, 1.82) is 0 Å². The van der Waals surface area contributed by atoms with E-state index in [1.165, 1.54) is 0 Å². The molecule has 144 valence electrons. The molecule has 1 aromatic heterocycles. The molecule has 3 atom stereocenters. The van der Waals surface area contributed by atoms with E-state index in [-0.39, 0.29) is 42.9 Å². The molecule has 1 saturated carbocycles. The molecule has 2 heterocycles. The predicted octanol–water partition coefficient (Wildman–Crippen LogP) is 3.71. The second-order valence-corrected chi connectivity index (χ2v) is 6.96. The zero-order chi connectivity index (χ0) is 16.5. The van der Waals surface area contributed by atoms with Crippen LogP contribution in [0.3, 0.4) is 0 Å². The lowest BCUT2D eigenvalue weighted by atomic mass is 10.00.